The van der Waals surface area contributed by atoms with Crippen LogP contribution in [0.2, 0.25) is 0 Å². The van der Waals surface area contributed by atoms with Gasteiger partial charge in [-0.25, -0.2) is 0 Å². The van der Waals surface area contributed by atoms with E-state index in [1.54, 1.807) is 0 Å². The van der Waals surface area contributed by atoms with Gasteiger partial charge in [0.2, 0.25) is 0 Å². The van der Waals surface area contributed by atoms with Gasteiger partial charge >= 0.3 is 0 Å². The van der Waals surface area contributed by atoms with Crippen molar-refractivity contribution in [3.05, 3.63) is 11.1 Å². The van der Waals surface area contributed by atoms with Crippen LogP contribution in [0.5, 0.6) is 0 Å². The van der Waals surface area contributed by atoms with Crippen LogP contribution in [-0.4, -0.2) is 24.4 Å². The number of hydrogen-bond donors (Lipinski definition) is 1. The molecule has 0 saturated carbocycles. The molecule has 0 aromatic rings. The summed E-state index contributed by atoms with van der Waals surface area (Å²) in [5.41, 5.74) is 2.35. The zero-order valence-electron chi connectivity index (χ0n) is 12.6. The Kier molecular flexibility index (Phi) is 22.4. The topological polar surface area (TPSA) is 29.5 Å². The molecular formula is C14H32O2. The van der Waals surface area contributed by atoms with Crippen LogP contribution in [0.3, 0.4) is 0 Å². The summed E-state index contributed by atoms with van der Waals surface area (Å²) in [6.07, 6.45) is 1.10. The predicted molar refractivity (Wildman–Crippen MR) is 73.9 cm³/mol. The van der Waals surface area contributed by atoms with E-state index >= 15 is 0 Å². The maximum atomic E-state index is 8.89. The van der Waals surface area contributed by atoms with E-state index in [0.717, 1.165) is 18.6 Å². The third-order valence-corrected chi connectivity index (χ3v) is 2.05. The Labute approximate surface area is 103 Å². The minimum absolute atomic E-state index is 0.124. The third-order valence-electron chi connectivity index (χ3n) is 2.05. The molecule has 1 atom stereocenters. The summed E-state index contributed by atoms with van der Waals surface area (Å²) in [6, 6.07) is 0. The van der Waals surface area contributed by atoms with Crippen LogP contribution in [0.4, 0.5) is 0 Å². The average Bonchev–Trinajstić information content (AvgIpc) is 2.37. The van der Waals surface area contributed by atoms with Crippen molar-refractivity contribution in [3.8, 4) is 0 Å². The summed E-state index contributed by atoms with van der Waals surface area (Å²) in [5, 5.41) is 8.89. The Morgan fingerprint density at radius 2 is 1.56 bits per heavy atom. The second-order valence-electron chi connectivity index (χ2n) is 2.73. The molecule has 0 radical (unpaired) electrons. The lowest BCUT2D eigenvalue weighted by atomic mass is 10.0. The zero-order chi connectivity index (χ0) is 13.6. The largest absolute Gasteiger partial charge is 0.392 e. The molecule has 0 aromatic heterocycles. The van der Waals surface area contributed by atoms with Crippen LogP contribution in [0, 0.1) is 0 Å². The molecular weight excluding hydrogens is 200 g/mol. The lowest BCUT2D eigenvalue weighted by Crippen LogP contribution is -2.21. The Hall–Kier alpha value is -0.340. The van der Waals surface area contributed by atoms with Crippen molar-refractivity contribution in [2.75, 3.05) is 13.2 Å². The van der Waals surface area contributed by atoms with Gasteiger partial charge < -0.3 is 9.84 Å². The molecule has 100 valence electrons. The lowest BCUT2D eigenvalue weighted by molar-refractivity contribution is 0.0704. The molecule has 0 saturated heterocycles. The highest BCUT2D eigenvalue weighted by atomic mass is 16.5. The first-order chi connectivity index (χ1) is 7.75. The van der Waals surface area contributed by atoms with Gasteiger partial charge in [0.05, 0.1) is 19.3 Å². The standard InChI is InChI=1S/C8H14O2.3C2H6/c1-6-3-4-10-7(2)8(6)5-9;3*1-2/h7,9H,3-5H2,1-2H3;3*1-2H3. The van der Waals surface area contributed by atoms with Crippen molar-refractivity contribution in [1.82, 2.24) is 0 Å². The van der Waals surface area contributed by atoms with Crippen molar-refractivity contribution >= 4 is 0 Å². The summed E-state index contributed by atoms with van der Waals surface area (Å²) in [4.78, 5) is 0. The lowest BCUT2D eigenvalue weighted by Gasteiger charge is -2.23. The highest BCUT2D eigenvalue weighted by Crippen LogP contribution is 2.19. The summed E-state index contributed by atoms with van der Waals surface area (Å²) in [6.45, 7) is 17.0. The molecule has 1 unspecified atom stereocenters. The average molecular weight is 232 g/mol. The normalized spacial score (nSPS) is 18.2. The highest BCUT2D eigenvalue weighted by molar-refractivity contribution is 5.18. The number of hydrogen-bond acceptors (Lipinski definition) is 2. The molecule has 0 aliphatic carbocycles. The number of aliphatic hydroxyl groups is 1. The molecule has 0 fully saturated rings. The van der Waals surface area contributed by atoms with Crippen molar-refractivity contribution in [3.63, 3.8) is 0 Å². The first-order valence-corrected chi connectivity index (χ1v) is 6.66. The molecule has 1 aliphatic heterocycles. The van der Waals surface area contributed by atoms with Crippen LogP contribution in [0.15, 0.2) is 11.1 Å². The molecule has 0 bridgehead atoms. The summed E-state index contributed by atoms with van der Waals surface area (Å²) >= 11 is 0. The first-order valence-electron chi connectivity index (χ1n) is 6.66. The van der Waals surface area contributed by atoms with Gasteiger partial charge in [-0.3, -0.25) is 0 Å². The van der Waals surface area contributed by atoms with Gasteiger partial charge in [-0.1, -0.05) is 47.1 Å². The van der Waals surface area contributed by atoms with E-state index < -0.39 is 0 Å². The smallest absolute Gasteiger partial charge is 0.0781 e. The quantitative estimate of drug-likeness (QED) is 0.687. The molecule has 0 aromatic carbocycles. The molecule has 1 N–H and O–H groups in total. The van der Waals surface area contributed by atoms with Crippen LogP contribution in [-0.2, 0) is 4.74 Å². The number of rotatable bonds is 1. The molecule has 2 nitrogen and oxygen atoms in total. The fraction of sp³-hybridized carbons (Fsp3) is 0.857. The molecule has 1 aliphatic rings. The Morgan fingerprint density at radius 3 is 1.81 bits per heavy atom. The Morgan fingerprint density at radius 1 is 1.12 bits per heavy atom. The molecule has 2 heteroatoms. The van der Waals surface area contributed by atoms with E-state index in [1.165, 1.54) is 5.57 Å². The minimum atomic E-state index is 0.124. The second kappa shape index (κ2) is 17.1. The first kappa shape index (κ1) is 21.0. The van der Waals surface area contributed by atoms with Gasteiger partial charge in [0.15, 0.2) is 0 Å². The van der Waals surface area contributed by atoms with E-state index in [2.05, 4.69) is 6.92 Å². The number of aliphatic hydroxyl groups excluding tert-OH is 1. The van der Waals surface area contributed by atoms with Gasteiger partial charge in [-0.15, -0.1) is 0 Å². The van der Waals surface area contributed by atoms with Crippen molar-refractivity contribution in [2.45, 2.75) is 67.9 Å². The Balaban J connectivity index is -0.000000245. The maximum absolute atomic E-state index is 8.89. The zero-order valence-corrected chi connectivity index (χ0v) is 12.6. The van der Waals surface area contributed by atoms with Gasteiger partial charge in [-0.05, 0) is 25.8 Å². The van der Waals surface area contributed by atoms with E-state index in [9.17, 15) is 0 Å². The van der Waals surface area contributed by atoms with Crippen LogP contribution < -0.4 is 0 Å². The van der Waals surface area contributed by atoms with Crippen molar-refractivity contribution in [1.29, 1.82) is 0 Å². The van der Waals surface area contributed by atoms with Gasteiger partial charge in [0.25, 0.3) is 0 Å². The molecule has 0 spiro atoms. The number of ether oxygens (including phenoxy) is 1. The van der Waals surface area contributed by atoms with Crippen molar-refractivity contribution < 1.29 is 9.84 Å². The SMILES string of the molecule is CC.CC.CC.CC1=C(CO)C(C)OCC1. The van der Waals surface area contributed by atoms with Crippen LogP contribution in [0.1, 0.15) is 61.8 Å². The predicted octanol–water partition coefficient (Wildman–Crippen LogP) is 4.18. The van der Waals surface area contributed by atoms with E-state index in [4.69, 9.17) is 9.84 Å². The van der Waals surface area contributed by atoms with Crippen LogP contribution in [0.25, 0.3) is 0 Å². The molecule has 1 rings (SSSR count). The maximum Gasteiger partial charge on any atom is 0.0781 e. The Bertz CT molecular complexity index is 151. The fourth-order valence-electron chi connectivity index (χ4n) is 1.26. The summed E-state index contributed by atoms with van der Waals surface area (Å²) in [7, 11) is 0. The minimum Gasteiger partial charge on any atom is -0.392 e. The monoisotopic (exact) mass is 232 g/mol. The summed E-state index contributed by atoms with van der Waals surface area (Å²) < 4.78 is 5.33. The highest BCUT2D eigenvalue weighted by Gasteiger charge is 2.15. The van der Waals surface area contributed by atoms with E-state index in [-0.39, 0.29) is 12.7 Å². The van der Waals surface area contributed by atoms with Gasteiger partial charge in [-0.2, -0.15) is 0 Å². The van der Waals surface area contributed by atoms with E-state index in [1.807, 2.05) is 48.5 Å². The molecule has 1 heterocycles. The third kappa shape index (κ3) is 8.93. The summed E-state index contributed by atoms with van der Waals surface area (Å²) in [5.74, 6) is 0. The van der Waals surface area contributed by atoms with Crippen molar-refractivity contribution in [2.24, 2.45) is 0 Å². The van der Waals surface area contributed by atoms with Crippen LogP contribution >= 0.6 is 0 Å². The van der Waals surface area contributed by atoms with Gasteiger partial charge in [0, 0.05) is 0 Å². The van der Waals surface area contributed by atoms with Gasteiger partial charge in [0.1, 0.15) is 0 Å². The molecule has 0 amide bonds. The molecule has 16 heavy (non-hydrogen) atoms. The van der Waals surface area contributed by atoms with E-state index in [0.29, 0.717) is 0 Å². The fourth-order valence-corrected chi connectivity index (χ4v) is 1.26. The second-order valence-corrected chi connectivity index (χ2v) is 2.73.